The summed E-state index contributed by atoms with van der Waals surface area (Å²) in [5.41, 5.74) is 1.12. The van der Waals surface area contributed by atoms with Crippen molar-refractivity contribution in [3.63, 3.8) is 0 Å². The predicted octanol–water partition coefficient (Wildman–Crippen LogP) is 2.59. The van der Waals surface area contributed by atoms with Crippen LogP contribution in [0.2, 0.25) is 0 Å². The second-order valence-electron chi connectivity index (χ2n) is 6.51. The van der Waals surface area contributed by atoms with E-state index >= 15 is 0 Å². The zero-order valence-corrected chi connectivity index (χ0v) is 16.7. The van der Waals surface area contributed by atoms with Crippen molar-refractivity contribution in [3.8, 4) is 6.07 Å². The van der Waals surface area contributed by atoms with Crippen molar-refractivity contribution in [2.24, 2.45) is 0 Å². The first-order chi connectivity index (χ1) is 13.5. The molecule has 1 atom stereocenters. The first-order valence-electron chi connectivity index (χ1n) is 8.96. The van der Waals surface area contributed by atoms with Gasteiger partial charge in [0.1, 0.15) is 0 Å². The quantitative estimate of drug-likeness (QED) is 0.488. The lowest BCUT2D eigenvalue weighted by molar-refractivity contribution is -0.128. The van der Waals surface area contributed by atoms with E-state index in [1.54, 1.807) is 18.9 Å². The van der Waals surface area contributed by atoms with Gasteiger partial charge in [-0.05, 0) is 23.3 Å². The van der Waals surface area contributed by atoms with Crippen LogP contribution in [0.4, 0.5) is 0 Å². The smallest absolute Gasteiger partial charge is 0.235 e. The molecule has 28 heavy (non-hydrogen) atoms. The summed E-state index contributed by atoms with van der Waals surface area (Å²) in [7, 11) is 1.69. The minimum absolute atomic E-state index is 0.0705. The summed E-state index contributed by atoms with van der Waals surface area (Å²) in [6.07, 6.45) is 0.859. The van der Waals surface area contributed by atoms with Gasteiger partial charge in [0.2, 0.25) is 11.1 Å². The van der Waals surface area contributed by atoms with Gasteiger partial charge >= 0.3 is 0 Å². The number of benzene rings is 2. The number of hydrogen-bond acceptors (Lipinski definition) is 6. The average molecular weight is 395 g/mol. The van der Waals surface area contributed by atoms with E-state index < -0.39 is 0 Å². The molecule has 1 heterocycles. The Kier molecular flexibility index (Phi) is 6.16. The third-order valence-corrected chi connectivity index (χ3v) is 5.57. The molecule has 1 aromatic heterocycles. The second kappa shape index (κ2) is 8.76. The van der Waals surface area contributed by atoms with Crippen LogP contribution in [0.15, 0.2) is 47.6 Å². The van der Waals surface area contributed by atoms with Gasteiger partial charge in [-0.2, -0.15) is 5.26 Å². The van der Waals surface area contributed by atoms with Crippen molar-refractivity contribution in [2.75, 3.05) is 19.4 Å². The topological polar surface area (TPSA) is 101 Å². The molecular weight excluding hydrogens is 372 g/mol. The van der Waals surface area contributed by atoms with Crippen LogP contribution in [-0.4, -0.2) is 44.5 Å². The summed E-state index contributed by atoms with van der Waals surface area (Å²) < 4.78 is 1.45. The minimum atomic E-state index is -0.374. The molecule has 0 radical (unpaired) electrons. The fourth-order valence-corrected chi connectivity index (χ4v) is 3.88. The average Bonchev–Trinajstić information content (AvgIpc) is 3.05. The largest absolute Gasteiger partial charge is 0.344 e. The third kappa shape index (κ3) is 4.26. The van der Waals surface area contributed by atoms with E-state index in [2.05, 4.69) is 34.5 Å². The molecule has 0 aliphatic heterocycles. The highest BCUT2D eigenvalue weighted by molar-refractivity contribution is 8.00. The summed E-state index contributed by atoms with van der Waals surface area (Å²) in [6, 6.07) is 16.4. The molecule has 0 saturated heterocycles. The molecular formula is C20H22N6OS. The number of fused-ring (bicyclic) bond motifs is 1. The van der Waals surface area contributed by atoms with Gasteiger partial charge in [-0.3, -0.25) is 4.79 Å². The first-order valence-corrected chi connectivity index (χ1v) is 9.83. The van der Waals surface area contributed by atoms with Gasteiger partial charge in [-0.15, -0.1) is 10.2 Å². The van der Waals surface area contributed by atoms with E-state index in [-0.39, 0.29) is 11.2 Å². The Hall–Kier alpha value is -3.05. The molecule has 0 aliphatic rings. The van der Waals surface area contributed by atoms with Crippen molar-refractivity contribution in [1.82, 2.24) is 19.8 Å². The van der Waals surface area contributed by atoms with E-state index in [0.717, 1.165) is 16.3 Å². The summed E-state index contributed by atoms with van der Waals surface area (Å²) in [4.78, 5) is 14.0. The molecule has 0 unspecified atom stereocenters. The van der Waals surface area contributed by atoms with E-state index in [1.165, 1.54) is 16.4 Å². The van der Waals surface area contributed by atoms with Crippen LogP contribution in [0.25, 0.3) is 10.8 Å². The molecule has 0 spiro atoms. The third-order valence-electron chi connectivity index (χ3n) is 4.53. The van der Waals surface area contributed by atoms with Crippen molar-refractivity contribution >= 4 is 28.4 Å². The molecule has 0 bridgehead atoms. The van der Waals surface area contributed by atoms with Crippen molar-refractivity contribution in [2.45, 2.75) is 30.2 Å². The fraction of sp³-hybridized carbons (Fsp3) is 0.300. The normalized spacial score (nSPS) is 11.9. The number of rotatable bonds is 7. The van der Waals surface area contributed by atoms with Gasteiger partial charge in [0, 0.05) is 20.0 Å². The maximum absolute atomic E-state index is 12.4. The zero-order chi connectivity index (χ0) is 20.1. The van der Waals surface area contributed by atoms with Crippen LogP contribution >= 0.6 is 11.8 Å². The summed E-state index contributed by atoms with van der Waals surface area (Å²) >= 11 is 1.27. The number of nitrogens with two attached hydrogens (primary N) is 1. The summed E-state index contributed by atoms with van der Waals surface area (Å²) in [6.45, 7) is 2.21. The molecule has 0 aliphatic carbocycles. The lowest BCUT2D eigenvalue weighted by Gasteiger charge is -2.19. The molecule has 2 aromatic carbocycles. The number of nitriles is 1. The van der Waals surface area contributed by atoms with Crippen molar-refractivity contribution < 1.29 is 4.79 Å². The summed E-state index contributed by atoms with van der Waals surface area (Å²) in [5, 5.41) is 19.5. The number of nitrogens with zero attached hydrogens (tertiary/aromatic N) is 5. The molecule has 0 saturated carbocycles. The van der Waals surface area contributed by atoms with Gasteiger partial charge in [0.15, 0.2) is 5.82 Å². The number of hydrogen-bond donors (Lipinski definition) is 1. The van der Waals surface area contributed by atoms with Crippen LogP contribution in [0, 0.1) is 11.3 Å². The molecule has 3 rings (SSSR count). The Morgan fingerprint density at radius 3 is 2.82 bits per heavy atom. The lowest BCUT2D eigenvalue weighted by Crippen LogP contribution is -2.34. The number of carbonyl (C=O) groups is 1. The van der Waals surface area contributed by atoms with Gasteiger partial charge in [-0.1, -0.05) is 54.2 Å². The number of thioether (sulfide) groups is 1. The van der Waals surface area contributed by atoms with Gasteiger partial charge in [0.05, 0.1) is 17.7 Å². The summed E-state index contributed by atoms with van der Waals surface area (Å²) in [5.74, 6) is 6.77. The number of nitrogen functional groups attached to an aromatic ring is 1. The van der Waals surface area contributed by atoms with Crippen molar-refractivity contribution in [1.29, 1.82) is 5.26 Å². The van der Waals surface area contributed by atoms with E-state index in [1.807, 2.05) is 24.3 Å². The Morgan fingerprint density at radius 2 is 2.04 bits per heavy atom. The number of carbonyl (C=O) groups excluding carboxylic acids is 1. The second-order valence-corrected chi connectivity index (χ2v) is 7.82. The molecule has 1 amide bonds. The molecule has 7 nitrogen and oxygen atoms in total. The van der Waals surface area contributed by atoms with E-state index in [0.29, 0.717) is 30.4 Å². The number of amides is 1. The SMILES string of the molecule is C[C@@H](Sc1nnc(Cc2cccc3ccccc23)n1N)C(=O)N(C)CCC#N. The molecule has 0 fully saturated rings. The number of aromatic nitrogens is 3. The van der Waals surface area contributed by atoms with Gasteiger partial charge < -0.3 is 10.7 Å². The molecule has 3 aromatic rings. The minimum Gasteiger partial charge on any atom is -0.344 e. The van der Waals surface area contributed by atoms with Crippen LogP contribution in [0.5, 0.6) is 0 Å². The van der Waals surface area contributed by atoms with E-state index in [9.17, 15) is 4.79 Å². The Morgan fingerprint density at radius 1 is 1.29 bits per heavy atom. The van der Waals surface area contributed by atoms with Crippen LogP contribution in [0.3, 0.4) is 0 Å². The maximum Gasteiger partial charge on any atom is 0.235 e. The van der Waals surface area contributed by atoms with Crippen molar-refractivity contribution in [3.05, 3.63) is 53.9 Å². The predicted molar refractivity (Wildman–Crippen MR) is 110 cm³/mol. The maximum atomic E-state index is 12.4. The monoisotopic (exact) mass is 394 g/mol. The Bertz CT molecular complexity index is 1020. The standard InChI is InChI=1S/C20H22N6OS/c1-14(19(27)25(2)12-6-11-21)28-20-24-23-18(26(20)22)13-16-9-5-8-15-7-3-4-10-17(15)16/h3-5,7-10,14H,6,12-13,22H2,1-2H3/t14-/m1/s1. The zero-order valence-electron chi connectivity index (χ0n) is 15.9. The highest BCUT2D eigenvalue weighted by Gasteiger charge is 2.22. The van der Waals surface area contributed by atoms with Crippen LogP contribution < -0.4 is 5.84 Å². The molecule has 8 heteroatoms. The first kappa shape index (κ1) is 19.7. The molecule has 144 valence electrons. The van der Waals surface area contributed by atoms with Gasteiger partial charge in [-0.25, -0.2) is 4.68 Å². The Balaban J connectivity index is 1.73. The fourth-order valence-electron chi connectivity index (χ4n) is 2.97. The van der Waals surface area contributed by atoms with Gasteiger partial charge in [0.25, 0.3) is 0 Å². The Labute approximate surface area is 168 Å². The lowest BCUT2D eigenvalue weighted by atomic mass is 10.0. The highest BCUT2D eigenvalue weighted by Crippen LogP contribution is 2.24. The van der Waals surface area contributed by atoms with Crippen LogP contribution in [-0.2, 0) is 11.2 Å². The van der Waals surface area contributed by atoms with E-state index in [4.69, 9.17) is 11.1 Å². The molecule has 2 N–H and O–H groups in total. The highest BCUT2D eigenvalue weighted by atomic mass is 32.2. The van der Waals surface area contributed by atoms with Crippen LogP contribution in [0.1, 0.15) is 24.7 Å².